The lowest BCUT2D eigenvalue weighted by atomic mass is 10.1. The van der Waals surface area contributed by atoms with E-state index in [4.69, 9.17) is 4.42 Å². The molecule has 0 saturated carbocycles. The van der Waals surface area contributed by atoms with Gasteiger partial charge in [0.15, 0.2) is 0 Å². The molecule has 7 heteroatoms. The Bertz CT molecular complexity index is 1240. The number of hydrogen-bond donors (Lipinski definition) is 2. The highest BCUT2D eigenvalue weighted by Crippen LogP contribution is 2.25. The van der Waals surface area contributed by atoms with E-state index in [0.717, 1.165) is 11.1 Å². The number of non-ortho nitro benzene ring substituents is 1. The Balaban J connectivity index is 1.91. The van der Waals surface area contributed by atoms with Gasteiger partial charge < -0.3 is 9.73 Å². The zero-order valence-corrected chi connectivity index (χ0v) is 16.3. The first-order chi connectivity index (χ1) is 15.1. The predicted octanol–water partition coefficient (Wildman–Crippen LogP) is 3.40. The second kappa shape index (κ2) is 8.87. The molecule has 0 fully saturated rings. The van der Waals surface area contributed by atoms with Gasteiger partial charge in [0.25, 0.3) is 5.69 Å². The highest BCUT2D eigenvalue weighted by atomic mass is 16.6. The van der Waals surface area contributed by atoms with Crippen LogP contribution < -0.4 is 15.7 Å². The predicted molar refractivity (Wildman–Crippen MR) is 116 cm³/mol. The van der Waals surface area contributed by atoms with Crippen LogP contribution in [0.25, 0.3) is 22.6 Å². The van der Waals surface area contributed by atoms with Gasteiger partial charge in [0.05, 0.1) is 17.1 Å². The average Bonchev–Trinajstić information content (AvgIpc) is 2.81. The first-order valence-electron chi connectivity index (χ1n) is 9.49. The van der Waals surface area contributed by atoms with E-state index >= 15 is 0 Å². The average molecular weight is 412 g/mol. The van der Waals surface area contributed by atoms with E-state index in [9.17, 15) is 14.9 Å². The molecule has 1 aromatic heterocycles. The van der Waals surface area contributed by atoms with Gasteiger partial charge in [-0.1, -0.05) is 60.7 Å². The lowest BCUT2D eigenvalue weighted by Gasteiger charge is -2.05. The maximum Gasteiger partial charge on any atom is 0.272 e. The molecule has 0 atom stereocenters. The molecule has 0 aliphatic heterocycles. The maximum atomic E-state index is 11.1. The molecular formula is C24H18N3O4+. The van der Waals surface area contributed by atoms with Crippen molar-refractivity contribution in [2.75, 3.05) is 5.32 Å². The van der Waals surface area contributed by atoms with Crippen molar-refractivity contribution in [2.45, 2.75) is 0 Å². The van der Waals surface area contributed by atoms with Crippen LogP contribution in [0.3, 0.4) is 0 Å². The fourth-order valence-corrected chi connectivity index (χ4v) is 3.16. The van der Waals surface area contributed by atoms with Crippen molar-refractivity contribution in [3.63, 3.8) is 0 Å². The van der Waals surface area contributed by atoms with Gasteiger partial charge in [0, 0.05) is 29.3 Å². The molecule has 0 aliphatic carbocycles. The van der Waals surface area contributed by atoms with E-state index in [2.05, 4.69) is 10.3 Å². The normalized spacial score (nSPS) is 10.3. The molecule has 1 amide bonds. The Morgan fingerprint density at radius 1 is 0.839 bits per heavy atom. The van der Waals surface area contributed by atoms with Crippen LogP contribution in [0.1, 0.15) is 0 Å². The molecule has 0 saturated heterocycles. The Morgan fingerprint density at radius 2 is 1.42 bits per heavy atom. The van der Waals surface area contributed by atoms with E-state index in [-0.39, 0.29) is 5.69 Å². The summed E-state index contributed by atoms with van der Waals surface area (Å²) in [6.07, 6.45) is 0.482. The number of rotatable bonds is 6. The number of nitro groups is 1. The summed E-state index contributed by atoms with van der Waals surface area (Å²) in [5, 5.41) is 14.3. The van der Waals surface area contributed by atoms with Gasteiger partial charge in [-0.05, 0) is 0 Å². The third-order valence-corrected chi connectivity index (χ3v) is 4.62. The molecule has 0 unspecified atom stereocenters. The standard InChI is InChI=1S/C24H17N3O4/c28-16-25-22-15-20(27(29)30)11-12-21(22)26-19-13-23(17-7-3-1-4-8-17)31-24(14-19)18-9-5-2-6-10-18/h1-16H,(H,25,28)/p+1. The Hall–Kier alpha value is -4.52. The SMILES string of the molecule is O=CNc1cc([N+](=O)[O-])ccc1[NH+]=c1cc(-c2ccccc2)oc(-c2ccccc2)c1. The summed E-state index contributed by atoms with van der Waals surface area (Å²) < 4.78 is 6.16. The second-order valence-corrected chi connectivity index (χ2v) is 6.68. The fourth-order valence-electron chi connectivity index (χ4n) is 3.16. The Labute approximate surface area is 177 Å². The molecule has 152 valence electrons. The number of benzene rings is 3. The molecule has 2 N–H and O–H groups in total. The van der Waals surface area contributed by atoms with Gasteiger partial charge in [-0.3, -0.25) is 14.9 Å². The summed E-state index contributed by atoms with van der Waals surface area (Å²) in [6, 6.07) is 27.3. The Kier molecular flexibility index (Phi) is 5.66. The van der Waals surface area contributed by atoms with Crippen LogP contribution in [0.4, 0.5) is 17.1 Å². The highest BCUT2D eigenvalue weighted by molar-refractivity contribution is 5.78. The topological polar surface area (TPSA) is 99.3 Å². The fraction of sp³-hybridized carbons (Fsp3) is 0. The van der Waals surface area contributed by atoms with Gasteiger partial charge >= 0.3 is 0 Å². The van der Waals surface area contributed by atoms with Gasteiger partial charge in [-0.15, -0.1) is 0 Å². The number of amides is 1. The largest absolute Gasteiger partial charge is 0.456 e. The molecule has 0 bridgehead atoms. The number of hydrogen-bond acceptors (Lipinski definition) is 4. The molecule has 0 radical (unpaired) electrons. The van der Waals surface area contributed by atoms with Crippen molar-refractivity contribution in [3.8, 4) is 22.6 Å². The van der Waals surface area contributed by atoms with Crippen LogP contribution in [0.5, 0.6) is 0 Å². The first-order valence-corrected chi connectivity index (χ1v) is 9.49. The summed E-state index contributed by atoms with van der Waals surface area (Å²) in [6.45, 7) is 0. The summed E-state index contributed by atoms with van der Waals surface area (Å²) in [4.78, 5) is 24.8. The molecule has 3 aromatic carbocycles. The molecule has 1 heterocycles. The van der Waals surface area contributed by atoms with Crippen LogP contribution in [-0.4, -0.2) is 11.3 Å². The minimum absolute atomic E-state index is 0.118. The van der Waals surface area contributed by atoms with Crippen molar-refractivity contribution in [1.29, 1.82) is 0 Å². The first kappa shape index (κ1) is 19.8. The van der Waals surface area contributed by atoms with E-state index in [1.165, 1.54) is 12.1 Å². The van der Waals surface area contributed by atoms with Crippen LogP contribution in [0, 0.1) is 10.1 Å². The lowest BCUT2D eigenvalue weighted by Crippen LogP contribution is -2.70. The Morgan fingerprint density at radius 3 is 1.94 bits per heavy atom. The molecule has 7 nitrogen and oxygen atoms in total. The zero-order chi connectivity index (χ0) is 21.6. The van der Waals surface area contributed by atoms with Crippen LogP contribution in [0.15, 0.2) is 95.4 Å². The van der Waals surface area contributed by atoms with Crippen molar-refractivity contribution >= 4 is 23.5 Å². The lowest BCUT2D eigenvalue weighted by molar-refractivity contribution is -0.402. The maximum absolute atomic E-state index is 11.1. The van der Waals surface area contributed by atoms with Crippen molar-refractivity contribution < 1.29 is 19.1 Å². The number of nitro benzene ring substituents is 1. The molecule has 4 aromatic rings. The van der Waals surface area contributed by atoms with Crippen molar-refractivity contribution in [1.82, 2.24) is 0 Å². The third kappa shape index (κ3) is 4.56. The minimum atomic E-state index is -0.512. The zero-order valence-electron chi connectivity index (χ0n) is 16.3. The molecular weight excluding hydrogens is 394 g/mol. The van der Waals surface area contributed by atoms with Gasteiger partial charge in [-0.25, -0.2) is 4.99 Å². The van der Waals surface area contributed by atoms with E-state index < -0.39 is 4.92 Å². The number of nitrogens with one attached hydrogen (secondary N) is 2. The number of carbonyl (C=O) groups is 1. The van der Waals surface area contributed by atoms with E-state index in [1.807, 2.05) is 72.8 Å². The minimum Gasteiger partial charge on any atom is -0.456 e. The molecule has 0 spiro atoms. The molecule has 31 heavy (non-hydrogen) atoms. The molecule has 4 rings (SSSR count). The third-order valence-electron chi connectivity index (χ3n) is 4.62. The van der Waals surface area contributed by atoms with E-state index in [0.29, 0.717) is 34.7 Å². The van der Waals surface area contributed by atoms with Crippen LogP contribution >= 0.6 is 0 Å². The van der Waals surface area contributed by atoms with Crippen molar-refractivity contribution in [2.24, 2.45) is 0 Å². The summed E-state index contributed by atoms with van der Waals surface area (Å²) in [7, 11) is 0. The van der Waals surface area contributed by atoms with Crippen LogP contribution in [0.2, 0.25) is 0 Å². The van der Waals surface area contributed by atoms with Gasteiger partial charge in [0.2, 0.25) is 17.5 Å². The number of carbonyl (C=O) groups excluding carboxylic acids is 1. The summed E-state index contributed by atoms with van der Waals surface area (Å²) in [5.41, 5.74) is 2.50. The van der Waals surface area contributed by atoms with Crippen LogP contribution in [-0.2, 0) is 4.79 Å². The quantitative estimate of drug-likeness (QED) is 0.288. The molecule has 0 aliphatic rings. The summed E-state index contributed by atoms with van der Waals surface area (Å²) >= 11 is 0. The van der Waals surface area contributed by atoms with Gasteiger partial charge in [-0.2, -0.15) is 0 Å². The second-order valence-electron chi connectivity index (χ2n) is 6.68. The number of anilines is 1. The van der Waals surface area contributed by atoms with Gasteiger partial charge in [0.1, 0.15) is 17.2 Å². The highest BCUT2D eigenvalue weighted by Gasteiger charge is 2.15. The number of nitrogens with zero attached hydrogens (tertiary/aromatic N) is 1. The smallest absolute Gasteiger partial charge is 0.272 e. The monoisotopic (exact) mass is 412 g/mol. The van der Waals surface area contributed by atoms with Crippen molar-refractivity contribution in [3.05, 3.63) is 106 Å². The van der Waals surface area contributed by atoms with E-state index in [1.54, 1.807) is 6.07 Å². The summed E-state index contributed by atoms with van der Waals surface area (Å²) in [5.74, 6) is 1.30.